The molecule has 0 aromatic heterocycles. The first-order valence-corrected chi connectivity index (χ1v) is 9.82. The van der Waals surface area contributed by atoms with Gasteiger partial charge >= 0.3 is 6.18 Å². The number of hydrogen-bond acceptors (Lipinski definition) is 2. The summed E-state index contributed by atoms with van der Waals surface area (Å²) in [5, 5.41) is 0.755. The number of carbonyl (C=O) groups excluding carboxylic acids is 1. The minimum absolute atomic E-state index is 0.0421. The van der Waals surface area contributed by atoms with Crippen molar-refractivity contribution in [3.63, 3.8) is 0 Å². The SMILES string of the molecule is O=C1/C(=C\c2ccc(Cl)cc2Cl)N=C(c2ccccc2)N1c1cccc(C(F)(F)F)c1. The zero-order chi connectivity index (χ0) is 22.2. The van der Waals surface area contributed by atoms with Crippen LogP contribution in [0, 0.1) is 0 Å². The van der Waals surface area contributed by atoms with Crippen molar-refractivity contribution in [2.75, 3.05) is 4.90 Å². The molecule has 0 radical (unpaired) electrons. The van der Waals surface area contributed by atoms with E-state index in [2.05, 4.69) is 4.99 Å². The maximum absolute atomic E-state index is 13.2. The van der Waals surface area contributed by atoms with Crippen LogP contribution in [0.2, 0.25) is 10.0 Å². The Labute approximate surface area is 186 Å². The van der Waals surface area contributed by atoms with Crippen LogP contribution in [0.3, 0.4) is 0 Å². The quantitative estimate of drug-likeness (QED) is 0.393. The lowest BCUT2D eigenvalue weighted by atomic mass is 10.1. The van der Waals surface area contributed by atoms with Gasteiger partial charge in [0, 0.05) is 15.6 Å². The van der Waals surface area contributed by atoms with E-state index in [9.17, 15) is 18.0 Å². The molecule has 1 heterocycles. The van der Waals surface area contributed by atoms with Gasteiger partial charge in [0.25, 0.3) is 5.91 Å². The molecule has 8 heteroatoms. The largest absolute Gasteiger partial charge is 0.416 e. The lowest BCUT2D eigenvalue weighted by molar-refractivity contribution is -0.137. The van der Waals surface area contributed by atoms with Gasteiger partial charge < -0.3 is 0 Å². The highest BCUT2D eigenvalue weighted by Gasteiger charge is 2.35. The predicted octanol–water partition coefficient (Wildman–Crippen LogP) is 6.85. The van der Waals surface area contributed by atoms with E-state index < -0.39 is 17.6 Å². The van der Waals surface area contributed by atoms with Crippen molar-refractivity contribution < 1.29 is 18.0 Å². The first-order valence-electron chi connectivity index (χ1n) is 9.06. The van der Waals surface area contributed by atoms with E-state index in [4.69, 9.17) is 23.2 Å². The van der Waals surface area contributed by atoms with Crippen molar-refractivity contribution in [1.29, 1.82) is 0 Å². The van der Waals surface area contributed by atoms with Crippen molar-refractivity contribution in [3.8, 4) is 0 Å². The smallest absolute Gasteiger partial charge is 0.266 e. The first-order chi connectivity index (χ1) is 14.7. The van der Waals surface area contributed by atoms with E-state index in [1.165, 1.54) is 29.2 Å². The average Bonchev–Trinajstić information content (AvgIpc) is 3.06. The number of carbonyl (C=O) groups is 1. The summed E-state index contributed by atoms with van der Waals surface area (Å²) in [6, 6.07) is 18.1. The number of halogens is 5. The molecule has 3 aromatic carbocycles. The molecule has 4 rings (SSSR count). The molecular formula is C23H13Cl2F3N2O. The van der Waals surface area contributed by atoms with Crippen molar-refractivity contribution in [2.24, 2.45) is 4.99 Å². The Bertz CT molecular complexity index is 1220. The lowest BCUT2D eigenvalue weighted by Crippen LogP contribution is -2.32. The Morgan fingerprint density at radius 1 is 0.903 bits per heavy atom. The first kappa shape index (κ1) is 21.2. The van der Waals surface area contributed by atoms with Gasteiger partial charge in [0.2, 0.25) is 0 Å². The maximum Gasteiger partial charge on any atom is 0.416 e. The summed E-state index contributed by atoms with van der Waals surface area (Å²) in [7, 11) is 0. The maximum atomic E-state index is 13.2. The number of alkyl halides is 3. The number of nitrogens with zero attached hydrogens (tertiary/aromatic N) is 2. The van der Waals surface area contributed by atoms with Gasteiger partial charge in [-0.2, -0.15) is 13.2 Å². The van der Waals surface area contributed by atoms with E-state index in [0.29, 0.717) is 21.2 Å². The van der Waals surface area contributed by atoms with Gasteiger partial charge in [-0.05, 0) is 42.0 Å². The summed E-state index contributed by atoms with van der Waals surface area (Å²) in [5.74, 6) is -0.342. The molecule has 0 fully saturated rings. The van der Waals surface area contributed by atoms with Crippen LogP contribution >= 0.6 is 23.2 Å². The summed E-state index contributed by atoms with van der Waals surface area (Å²) in [6.45, 7) is 0. The van der Waals surface area contributed by atoms with Crippen LogP contribution in [0.4, 0.5) is 18.9 Å². The number of aliphatic imine (C=N–C) groups is 1. The molecule has 3 nitrogen and oxygen atoms in total. The number of hydrogen-bond donors (Lipinski definition) is 0. The van der Waals surface area contributed by atoms with Gasteiger partial charge in [-0.1, -0.05) is 65.7 Å². The molecular weight excluding hydrogens is 448 g/mol. The van der Waals surface area contributed by atoms with E-state index in [0.717, 1.165) is 12.1 Å². The van der Waals surface area contributed by atoms with Crippen LogP contribution in [-0.4, -0.2) is 11.7 Å². The Morgan fingerprint density at radius 3 is 2.32 bits per heavy atom. The Kier molecular flexibility index (Phi) is 5.60. The van der Waals surface area contributed by atoms with E-state index in [1.807, 2.05) is 0 Å². The summed E-state index contributed by atoms with van der Waals surface area (Å²) in [4.78, 5) is 18.8. The highest BCUT2D eigenvalue weighted by Crippen LogP contribution is 2.34. The fourth-order valence-corrected chi connectivity index (χ4v) is 3.59. The van der Waals surface area contributed by atoms with E-state index in [1.54, 1.807) is 42.5 Å². The van der Waals surface area contributed by atoms with Crippen molar-refractivity contribution in [1.82, 2.24) is 0 Å². The third kappa shape index (κ3) is 4.36. The minimum Gasteiger partial charge on any atom is -0.266 e. The van der Waals surface area contributed by atoms with Crippen LogP contribution in [0.15, 0.2) is 83.5 Å². The number of anilines is 1. The van der Waals surface area contributed by atoms with Gasteiger partial charge in [0.05, 0.1) is 11.3 Å². The molecule has 156 valence electrons. The van der Waals surface area contributed by atoms with Gasteiger partial charge in [-0.25, -0.2) is 4.99 Å². The normalized spacial score (nSPS) is 15.5. The number of benzene rings is 3. The van der Waals surface area contributed by atoms with Crippen molar-refractivity contribution >= 4 is 46.7 Å². The second kappa shape index (κ2) is 8.21. The predicted molar refractivity (Wildman–Crippen MR) is 116 cm³/mol. The van der Waals surface area contributed by atoms with Crippen LogP contribution in [-0.2, 0) is 11.0 Å². The monoisotopic (exact) mass is 460 g/mol. The minimum atomic E-state index is -4.54. The number of amides is 1. The van der Waals surface area contributed by atoms with Gasteiger partial charge in [0.15, 0.2) is 0 Å². The summed E-state index contributed by atoms with van der Waals surface area (Å²) in [5.41, 5.74) is 0.340. The fourth-order valence-electron chi connectivity index (χ4n) is 3.12. The molecule has 0 saturated carbocycles. The van der Waals surface area contributed by atoms with Gasteiger partial charge in [-0.15, -0.1) is 0 Å². The highest BCUT2D eigenvalue weighted by molar-refractivity contribution is 6.36. The molecule has 0 spiro atoms. The van der Waals surface area contributed by atoms with Gasteiger partial charge in [0.1, 0.15) is 11.5 Å². The van der Waals surface area contributed by atoms with Crippen molar-refractivity contribution in [2.45, 2.75) is 6.18 Å². The summed E-state index contributed by atoms with van der Waals surface area (Å²) >= 11 is 12.1. The fraction of sp³-hybridized carbons (Fsp3) is 0.0435. The standard InChI is InChI=1S/C23H13Cl2F3N2O/c24-17-10-9-15(19(25)13-17)11-20-22(31)30(21(29-20)14-5-2-1-3-6-14)18-8-4-7-16(12-18)23(26,27)28/h1-13H/b20-11+. The summed E-state index contributed by atoms with van der Waals surface area (Å²) < 4.78 is 39.7. The zero-order valence-corrected chi connectivity index (χ0v) is 17.2. The molecule has 1 amide bonds. The van der Waals surface area contributed by atoms with Crippen molar-refractivity contribution in [3.05, 3.63) is 105 Å². The van der Waals surface area contributed by atoms with E-state index in [-0.39, 0.29) is 17.2 Å². The zero-order valence-electron chi connectivity index (χ0n) is 15.7. The summed E-state index contributed by atoms with van der Waals surface area (Å²) in [6.07, 6.45) is -3.06. The molecule has 0 bridgehead atoms. The highest BCUT2D eigenvalue weighted by atomic mass is 35.5. The molecule has 1 aliphatic rings. The molecule has 0 aliphatic carbocycles. The topological polar surface area (TPSA) is 32.7 Å². The third-order valence-electron chi connectivity index (χ3n) is 4.58. The molecule has 0 saturated heterocycles. The lowest BCUT2D eigenvalue weighted by Gasteiger charge is -2.20. The molecule has 0 N–H and O–H groups in total. The Hall–Kier alpha value is -3.09. The van der Waals surface area contributed by atoms with Gasteiger partial charge in [-0.3, -0.25) is 9.69 Å². The Balaban J connectivity index is 1.84. The molecule has 3 aromatic rings. The number of amidine groups is 1. The molecule has 0 atom stereocenters. The molecule has 0 unspecified atom stereocenters. The second-order valence-electron chi connectivity index (χ2n) is 6.69. The number of rotatable bonds is 3. The van der Waals surface area contributed by atoms with Crippen LogP contribution in [0.5, 0.6) is 0 Å². The average molecular weight is 461 g/mol. The second-order valence-corrected chi connectivity index (χ2v) is 7.53. The third-order valence-corrected chi connectivity index (χ3v) is 5.14. The van der Waals surface area contributed by atoms with E-state index >= 15 is 0 Å². The Morgan fingerprint density at radius 2 is 1.65 bits per heavy atom. The molecule has 1 aliphatic heterocycles. The van der Waals surface area contributed by atoms with Crippen LogP contribution in [0.1, 0.15) is 16.7 Å². The van der Waals surface area contributed by atoms with Crippen LogP contribution < -0.4 is 4.90 Å². The molecule has 31 heavy (non-hydrogen) atoms. The van der Waals surface area contributed by atoms with Crippen LogP contribution in [0.25, 0.3) is 6.08 Å².